The first-order valence-electron chi connectivity index (χ1n) is 5.65. The van der Waals surface area contributed by atoms with Gasteiger partial charge in [0.2, 0.25) is 0 Å². The van der Waals surface area contributed by atoms with E-state index in [9.17, 15) is 0 Å². The molecule has 0 aromatic heterocycles. The topological polar surface area (TPSA) is 12.0 Å². The highest BCUT2D eigenvalue weighted by Crippen LogP contribution is 2.08. The molecule has 0 spiro atoms. The molecule has 0 aliphatic rings. The minimum atomic E-state index is 0.996. The molecule has 1 aromatic carbocycles. The number of aryl methyl sites for hydroxylation is 1. The average molecular weight is 191 g/mol. The highest BCUT2D eigenvalue weighted by molar-refractivity contribution is 5.23. The highest BCUT2D eigenvalue weighted by Gasteiger charge is 1.95. The molecule has 0 atom stereocenters. The maximum absolute atomic E-state index is 3.35. The van der Waals surface area contributed by atoms with Crippen molar-refractivity contribution < 1.29 is 0 Å². The molecule has 1 rings (SSSR count). The molecule has 78 valence electrons. The van der Waals surface area contributed by atoms with Crippen LogP contribution < -0.4 is 5.32 Å². The first-order valence-corrected chi connectivity index (χ1v) is 5.65. The maximum Gasteiger partial charge on any atom is 0.0205 e. The zero-order valence-electron chi connectivity index (χ0n) is 9.34. The molecule has 0 aliphatic carbocycles. The summed E-state index contributed by atoms with van der Waals surface area (Å²) in [5.74, 6) is 0. The Bertz CT molecular complexity index is 232. The van der Waals surface area contributed by atoms with Gasteiger partial charge in [-0.3, -0.25) is 0 Å². The van der Waals surface area contributed by atoms with Gasteiger partial charge in [0, 0.05) is 6.54 Å². The second-order valence-corrected chi connectivity index (χ2v) is 3.70. The molecular weight excluding hydrogens is 170 g/mol. The standard InChI is InChI=1S/C13H21N/c1-3-5-7-12-8-6-9-13(10-12)11-14-4-2/h6,8-10,14H,3-5,7,11H2,1-2H3. The molecule has 1 aromatic rings. The van der Waals surface area contributed by atoms with E-state index in [1.807, 2.05) is 0 Å². The third-order valence-electron chi connectivity index (χ3n) is 2.39. The van der Waals surface area contributed by atoms with Crippen LogP contribution in [0.2, 0.25) is 0 Å². The Balaban J connectivity index is 2.50. The first-order chi connectivity index (χ1) is 6.86. The number of hydrogen-bond donors (Lipinski definition) is 1. The Kier molecular flexibility index (Phi) is 5.31. The molecule has 0 unspecified atom stereocenters. The van der Waals surface area contributed by atoms with Crippen molar-refractivity contribution in [2.24, 2.45) is 0 Å². The van der Waals surface area contributed by atoms with Gasteiger partial charge < -0.3 is 5.32 Å². The minimum Gasteiger partial charge on any atom is -0.313 e. The first kappa shape index (κ1) is 11.3. The minimum absolute atomic E-state index is 0.996. The molecular formula is C13H21N. The molecule has 1 nitrogen and oxygen atoms in total. The fourth-order valence-corrected chi connectivity index (χ4v) is 1.55. The number of hydrogen-bond acceptors (Lipinski definition) is 1. The highest BCUT2D eigenvalue weighted by atomic mass is 14.8. The zero-order valence-corrected chi connectivity index (χ0v) is 9.34. The second-order valence-electron chi connectivity index (χ2n) is 3.70. The number of benzene rings is 1. The summed E-state index contributed by atoms with van der Waals surface area (Å²) in [6.07, 6.45) is 3.79. The fraction of sp³-hybridized carbons (Fsp3) is 0.538. The van der Waals surface area contributed by atoms with Gasteiger partial charge in [0.25, 0.3) is 0 Å². The van der Waals surface area contributed by atoms with Crippen LogP contribution in [0.3, 0.4) is 0 Å². The third-order valence-corrected chi connectivity index (χ3v) is 2.39. The fourth-order valence-electron chi connectivity index (χ4n) is 1.55. The van der Waals surface area contributed by atoms with E-state index in [0.29, 0.717) is 0 Å². The Labute approximate surface area is 87.5 Å². The van der Waals surface area contributed by atoms with E-state index < -0.39 is 0 Å². The number of rotatable bonds is 6. The van der Waals surface area contributed by atoms with Crippen LogP contribution in [0.4, 0.5) is 0 Å². The predicted octanol–water partition coefficient (Wildman–Crippen LogP) is 3.14. The molecule has 0 saturated carbocycles. The molecule has 0 amide bonds. The lowest BCUT2D eigenvalue weighted by Crippen LogP contribution is -2.11. The summed E-state index contributed by atoms with van der Waals surface area (Å²) < 4.78 is 0. The van der Waals surface area contributed by atoms with Crippen molar-refractivity contribution in [3.8, 4) is 0 Å². The van der Waals surface area contributed by atoms with Gasteiger partial charge in [0.05, 0.1) is 0 Å². The van der Waals surface area contributed by atoms with Gasteiger partial charge in [0.1, 0.15) is 0 Å². The quantitative estimate of drug-likeness (QED) is 0.728. The Morgan fingerprint density at radius 3 is 2.64 bits per heavy atom. The van der Waals surface area contributed by atoms with E-state index >= 15 is 0 Å². The molecule has 0 fully saturated rings. The summed E-state index contributed by atoms with van der Waals surface area (Å²) in [5.41, 5.74) is 2.88. The lowest BCUT2D eigenvalue weighted by atomic mass is 10.1. The van der Waals surface area contributed by atoms with Crippen LogP contribution in [0.15, 0.2) is 24.3 Å². The van der Waals surface area contributed by atoms with Gasteiger partial charge >= 0.3 is 0 Å². The van der Waals surface area contributed by atoms with Crippen molar-refractivity contribution in [2.75, 3.05) is 6.54 Å². The molecule has 0 heterocycles. The largest absolute Gasteiger partial charge is 0.313 e. The van der Waals surface area contributed by atoms with Crippen molar-refractivity contribution in [3.05, 3.63) is 35.4 Å². The van der Waals surface area contributed by atoms with Crippen LogP contribution in [0, 0.1) is 0 Å². The van der Waals surface area contributed by atoms with Gasteiger partial charge in [0.15, 0.2) is 0 Å². The van der Waals surface area contributed by atoms with E-state index in [2.05, 4.69) is 43.4 Å². The third kappa shape index (κ3) is 3.93. The van der Waals surface area contributed by atoms with Crippen LogP contribution in [0.1, 0.15) is 37.8 Å². The van der Waals surface area contributed by atoms with Crippen molar-refractivity contribution in [1.82, 2.24) is 5.32 Å². The Morgan fingerprint density at radius 1 is 1.14 bits per heavy atom. The van der Waals surface area contributed by atoms with Crippen molar-refractivity contribution in [3.63, 3.8) is 0 Å². The summed E-state index contributed by atoms with van der Waals surface area (Å²) in [4.78, 5) is 0. The van der Waals surface area contributed by atoms with Crippen LogP contribution in [-0.4, -0.2) is 6.54 Å². The molecule has 0 saturated heterocycles. The molecule has 0 bridgehead atoms. The SMILES string of the molecule is CCCCc1cccc(CNCC)c1. The lowest BCUT2D eigenvalue weighted by Gasteiger charge is -2.05. The summed E-state index contributed by atoms with van der Waals surface area (Å²) >= 11 is 0. The molecule has 1 N–H and O–H groups in total. The van der Waals surface area contributed by atoms with Crippen molar-refractivity contribution >= 4 is 0 Å². The van der Waals surface area contributed by atoms with E-state index in [1.165, 1.54) is 30.4 Å². The molecule has 0 radical (unpaired) electrons. The predicted molar refractivity (Wildman–Crippen MR) is 62.4 cm³/mol. The lowest BCUT2D eigenvalue weighted by molar-refractivity contribution is 0.724. The monoisotopic (exact) mass is 191 g/mol. The van der Waals surface area contributed by atoms with Crippen LogP contribution >= 0.6 is 0 Å². The normalized spacial score (nSPS) is 10.4. The van der Waals surface area contributed by atoms with Crippen molar-refractivity contribution in [1.29, 1.82) is 0 Å². The Hall–Kier alpha value is -0.820. The van der Waals surface area contributed by atoms with Gasteiger partial charge in [-0.2, -0.15) is 0 Å². The summed E-state index contributed by atoms with van der Waals surface area (Å²) in [6, 6.07) is 8.90. The summed E-state index contributed by atoms with van der Waals surface area (Å²) in [7, 11) is 0. The van der Waals surface area contributed by atoms with E-state index in [-0.39, 0.29) is 0 Å². The molecule has 0 aliphatic heterocycles. The van der Waals surface area contributed by atoms with Crippen LogP contribution in [-0.2, 0) is 13.0 Å². The van der Waals surface area contributed by atoms with Crippen molar-refractivity contribution in [2.45, 2.75) is 39.7 Å². The maximum atomic E-state index is 3.35. The summed E-state index contributed by atoms with van der Waals surface area (Å²) in [6.45, 7) is 6.42. The zero-order chi connectivity index (χ0) is 10.2. The van der Waals surface area contributed by atoms with E-state index in [1.54, 1.807) is 0 Å². The smallest absolute Gasteiger partial charge is 0.0205 e. The van der Waals surface area contributed by atoms with E-state index in [0.717, 1.165) is 13.1 Å². The molecule has 1 heteroatoms. The number of nitrogens with one attached hydrogen (secondary N) is 1. The van der Waals surface area contributed by atoms with Gasteiger partial charge in [-0.25, -0.2) is 0 Å². The Morgan fingerprint density at radius 2 is 1.93 bits per heavy atom. The summed E-state index contributed by atoms with van der Waals surface area (Å²) in [5, 5.41) is 3.35. The van der Waals surface area contributed by atoms with Crippen LogP contribution in [0.5, 0.6) is 0 Å². The van der Waals surface area contributed by atoms with Gasteiger partial charge in [-0.1, -0.05) is 44.5 Å². The van der Waals surface area contributed by atoms with E-state index in [4.69, 9.17) is 0 Å². The van der Waals surface area contributed by atoms with Crippen LogP contribution in [0.25, 0.3) is 0 Å². The number of unbranched alkanes of at least 4 members (excludes halogenated alkanes) is 1. The molecule has 14 heavy (non-hydrogen) atoms. The average Bonchev–Trinajstić information content (AvgIpc) is 2.24. The second kappa shape index (κ2) is 6.61. The van der Waals surface area contributed by atoms with Gasteiger partial charge in [-0.05, 0) is 30.5 Å². The van der Waals surface area contributed by atoms with Gasteiger partial charge in [-0.15, -0.1) is 0 Å².